The quantitative estimate of drug-likeness (QED) is 0.316. The summed E-state index contributed by atoms with van der Waals surface area (Å²) in [6.45, 7) is 5.89. The average Bonchev–Trinajstić information content (AvgIpc) is 3.26. The van der Waals surface area contributed by atoms with Crippen LogP contribution in [0.3, 0.4) is 0 Å². The zero-order valence-electron chi connectivity index (χ0n) is 24.6. The number of alkyl halides is 3. The lowest BCUT2D eigenvalue weighted by Gasteiger charge is -2.38. The molecule has 0 spiro atoms. The van der Waals surface area contributed by atoms with Crippen molar-refractivity contribution in [1.29, 1.82) is 0 Å². The third-order valence-electron chi connectivity index (χ3n) is 8.10. The molecule has 10 nitrogen and oxygen atoms in total. The minimum Gasteiger partial charge on any atom is -0.481 e. The number of piperidine rings is 1. The van der Waals surface area contributed by atoms with Gasteiger partial charge in [-0.2, -0.15) is 13.2 Å². The molecule has 2 fully saturated rings. The molecule has 0 aromatic carbocycles. The summed E-state index contributed by atoms with van der Waals surface area (Å²) in [7, 11) is 3.09. The van der Waals surface area contributed by atoms with Crippen LogP contribution < -0.4 is 19.3 Å². The first-order chi connectivity index (χ1) is 20.4. The maximum absolute atomic E-state index is 14.4. The normalized spacial score (nSPS) is 24.3. The highest BCUT2D eigenvalue weighted by Crippen LogP contribution is 2.41. The minimum absolute atomic E-state index is 0.151. The van der Waals surface area contributed by atoms with Crippen LogP contribution in [-0.4, -0.2) is 86.4 Å². The van der Waals surface area contributed by atoms with Crippen molar-refractivity contribution in [1.82, 2.24) is 9.97 Å². The van der Waals surface area contributed by atoms with Crippen LogP contribution >= 0.6 is 11.6 Å². The Kier molecular flexibility index (Phi) is 10.8. The van der Waals surface area contributed by atoms with Crippen molar-refractivity contribution >= 4 is 28.9 Å². The van der Waals surface area contributed by atoms with E-state index in [1.807, 2.05) is 18.7 Å². The van der Waals surface area contributed by atoms with Crippen molar-refractivity contribution in [2.45, 2.75) is 57.5 Å². The van der Waals surface area contributed by atoms with Crippen molar-refractivity contribution in [3.05, 3.63) is 35.1 Å². The number of rotatable bonds is 12. The van der Waals surface area contributed by atoms with E-state index >= 15 is 0 Å². The van der Waals surface area contributed by atoms with Gasteiger partial charge in [0.2, 0.25) is 11.8 Å². The molecule has 0 radical (unpaired) electrons. The minimum atomic E-state index is -4.74. The Bertz CT molecular complexity index is 1260. The molecular weight excluding hydrogens is 593 g/mol. The Balaban J connectivity index is 1.52. The Labute approximate surface area is 254 Å². The molecule has 2 aliphatic heterocycles. The van der Waals surface area contributed by atoms with Gasteiger partial charge in [-0.05, 0) is 12.5 Å². The van der Waals surface area contributed by atoms with E-state index in [-0.39, 0.29) is 36.6 Å². The van der Waals surface area contributed by atoms with Crippen molar-refractivity contribution in [3.63, 3.8) is 0 Å². The summed E-state index contributed by atoms with van der Waals surface area (Å²) in [5, 5.41) is 9.98. The monoisotopic (exact) mass is 630 g/mol. The molecule has 0 bridgehead atoms. The van der Waals surface area contributed by atoms with E-state index in [1.54, 1.807) is 18.1 Å². The van der Waals surface area contributed by atoms with E-state index in [2.05, 4.69) is 9.97 Å². The van der Waals surface area contributed by atoms with Crippen LogP contribution in [0.4, 0.5) is 24.5 Å². The number of aromatic nitrogens is 2. The Morgan fingerprint density at radius 3 is 2.53 bits per heavy atom. The highest BCUT2D eigenvalue weighted by Gasteiger charge is 2.43. The summed E-state index contributed by atoms with van der Waals surface area (Å²) < 4.78 is 65.2. The molecule has 0 saturated carbocycles. The van der Waals surface area contributed by atoms with Crippen molar-refractivity contribution in [3.8, 4) is 11.8 Å². The smallest absolute Gasteiger partial charge is 0.421 e. The summed E-state index contributed by atoms with van der Waals surface area (Å²) in [4.78, 5) is 23.6. The summed E-state index contributed by atoms with van der Waals surface area (Å²) >= 11 is 6.36. The Hall–Kier alpha value is -3.03. The fourth-order valence-electron chi connectivity index (χ4n) is 5.76. The molecule has 2 aliphatic rings. The van der Waals surface area contributed by atoms with Gasteiger partial charge in [0, 0.05) is 70.3 Å². The summed E-state index contributed by atoms with van der Waals surface area (Å²) in [6.07, 6.45) is -1.95. The standard InChI is InChI=1S/C29H38ClF3N4O6/c1-17-15-36(23-11-26(41-4)34-14-21(23)30)7-6-24(17)43-28-20(29(31,32)33)10-19(13-35-28)37-16-25(42-9-5-8-40-3)18(2)22(37)12-27(38)39/h10-11,13-14,17-18,22,24-25H,5-9,12,15-16H2,1-4H3,(H,38,39). The Morgan fingerprint density at radius 1 is 1.12 bits per heavy atom. The zero-order valence-corrected chi connectivity index (χ0v) is 25.4. The van der Waals surface area contributed by atoms with Crippen LogP contribution in [-0.2, 0) is 20.4 Å². The predicted molar refractivity (Wildman–Crippen MR) is 154 cm³/mol. The van der Waals surface area contributed by atoms with Gasteiger partial charge in [-0.3, -0.25) is 4.79 Å². The molecule has 43 heavy (non-hydrogen) atoms. The maximum atomic E-state index is 14.4. The van der Waals surface area contributed by atoms with Gasteiger partial charge in [0.15, 0.2) is 0 Å². The molecule has 2 aromatic heterocycles. The topological polar surface area (TPSA) is 106 Å². The van der Waals surface area contributed by atoms with E-state index in [0.29, 0.717) is 50.0 Å². The van der Waals surface area contributed by atoms with Crippen molar-refractivity contribution in [2.75, 3.05) is 56.9 Å². The zero-order chi connectivity index (χ0) is 31.3. The number of carboxylic acids is 1. The Morgan fingerprint density at radius 2 is 1.88 bits per heavy atom. The van der Waals surface area contributed by atoms with Crippen molar-refractivity contribution in [2.24, 2.45) is 11.8 Å². The second-order valence-electron chi connectivity index (χ2n) is 11.0. The molecule has 14 heteroatoms. The van der Waals surface area contributed by atoms with Crippen LogP contribution in [0.25, 0.3) is 0 Å². The molecular formula is C29H38ClF3N4O6. The summed E-state index contributed by atoms with van der Waals surface area (Å²) in [5.41, 5.74) is -0.105. The largest absolute Gasteiger partial charge is 0.481 e. The number of carboxylic acid groups (broad SMARTS) is 1. The number of halogens is 4. The first-order valence-corrected chi connectivity index (χ1v) is 14.6. The second-order valence-corrected chi connectivity index (χ2v) is 11.4. The highest BCUT2D eigenvalue weighted by molar-refractivity contribution is 6.33. The summed E-state index contributed by atoms with van der Waals surface area (Å²) in [6, 6.07) is 2.16. The fourth-order valence-corrected chi connectivity index (χ4v) is 5.98. The third kappa shape index (κ3) is 7.93. The first kappa shape index (κ1) is 32.9. The number of anilines is 2. The highest BCUT2D eigenvalue weighted by atomic mass is 35.5. The van der Waals surface area contributed by atoms with Crippen LogP contribution in [0.5, 0.6) is 11.8 Å². The number of carbonyl (C=O) groups is 1. The van der Waals surface area contributed by atoms with Crippen LogP contribution in [0.1, 0.15) is 38.7 Å². The van der Waals surface area contributed by atoms with Crippen molar-refractivity contribution < 1.29 is 42.0 Å². The van der Waals surface area contributed by atoms with Gasteiger partial charge in [0.1, 0.15) is 11.7 Å². The van der Waals surface area contributed by atoms with E-state index in [4.69, 9.17) is 30.5 Å². The lowest BCUT2D eigenvalue weighted by Crippen LogP contribution is -2.45. The van der Waals surface area contributed by atoms with E-state index in [0.717, 1.165) is 11.8 Å². The first-order valence-electron chi connectivity index (χ1n) is 14.2. The molecule has 4 rings (SSSR count). The molecule has 2 aromatic rings. The van der Waals surface area contributed by atoms with Gasteiger partial charge in [0.25, 0.3) is 0 Å². The fraction of sp³-hybridized carbons (Fsp3) is 0.621. The molecule has 238 valence electrons. The molecule has 0 aliphatic carbocycles. The van der Waals surface area contributed by atoms with Gasteiger partial charge in [0.05, 0.1) is 48.4 Å². The SMILES string of the molecule is COCCCOC1CN(c2cnc(OC3CCN(c4cc(OC)ncc4Cl)CC3C)c(C(F)(F)F)c2)C(CC(=O)O)C1C. The molecule has 4 heterocycles. The van der Waals surface area contributed by atoms with Crippen LogP contribution in [0.15, 0.2) is 24.5 Å². The number of methoxy groups -OCH3 is 2. The second kappa shape index (κ2) is 14.2. The van der Waals surface area contributed by atoms with Gasteiger partial charge >= 0.3 is 12.1 Å². The number of ether oxygens (including phenoxy) is 4. The van der Waals surface area contributed by atoms with E-state index in [9.17, 15) is 23.1 Å². The van der Waals surface area contributed by atoms with Crippen LogP contribution in [0, 0.1) is 11.8 Å². The molecule has 1 N–H and O–H groups in total. The lowest BCUT2D eigenvalue weighted by atomic mass is 9.96. The van der Waals surface area contributed by atoms with Gasteiger partial charge in [-0.15, -0.1) is 0 Å². The number of hydrogen-bond acceptors (Lipinski definition) is 9. The third-order valence-corrected chi connectivity index (χ3v) is 8.39. The molecule has 0 amide bonds. The van der Waals surface area contributed by atoms with E-state index < -0.39 is 35.7 Å². The molecule has 2 saturated heterocycles. The van der Waals surface area contributed by atoms with Crippen LogP contribution in [0.2, 0.25) is 5.02 Å². The number of pyridine rings is 2. The van der Waals surface area contributed by atoms with Gasteiger partial charge in [-0.25, -0.2) is 9.97 Å². The van der Waals surface area contributed by atoms with E-state index in [1.165, 1.54) is 19.5 Å². The predicted octanol–water partition coefficient (Wildman–Crippen LogP) is 5.17. The average molecular weight is 631 g/mol. The number of nitrogens with zero attached hydrogens (tertiary/aromatic N) is 4. The summed E-state index contributed by atoms with van der Waals surface area (Å²) in [5.74, 6) is -1.52. The maximum Gasteiger partial charge on any atom is 0.421 e. The molecule has 5 atom stereocenters. The van der Waals surface area contributed by atoms with Gasteiger partial charge < -0.3 is 33.9 Å². The number of aliphatic carboxylic acids is 1. The van der Waals surface area contributed by atoms with Gasteiger partial charge in [-0.1, -0.05) is 25.4 Å². The number of hydrogen-bond donors (Lipinski definition) is 1. The molecule has 5 unspecified atom stereocenters. The lowest BCUT2D eigenvalue weighted by molar-refractivity contribution is -0.140.